The van der Waals surface area contributed by atoms with Crippen LogP contribution in [0.15, 0.2) is 64.7 Å². The third-order valence-electron chi connectivity index (χ3n) is 5.18. The molecule has 1 fully saturated rings. The number of hydrogen-bond donors (Lipinski definition) is 1. The first kappa shape index (κ1) is 24.1. The number of nitro groups is 1. The molecule has 0 radical (unpaired) electrons. The van der Waals surface area contributed by atoms with E-state index in [-0.39, 0.29) is 47.2 Å². The third kappa shape index (κ3) is 4.92. The van der Waals surface area contributed by atoms with Crippen molar-refractivity contribution in [3.63, 3.8) is 0 Å². The number of nitro benzene ring substituents is 1. The van der Waals surface area contributed by atoms with Gasteiger partial charge in [0.15, 0.2) is 0 Å². The predicted octanol–water partition coefficient (Wildman–Crippen LogP) is 3.79. The van der Waals surface area contributed by atoms with E-state index >= 15 is 0 Å². The molecule has 0 unspecified atom stereocenters. The maximum absolute atomic E-state index is 14.0. The highest BCUT2D eigenvalue weighted by atomic mass is 19.1. The van der Waals surface area contributed by atoms with Crippen molar-refractivity contribution in [3.05, 3.63) is 98.9 Å². The number of urea groups is 1. The van der Waals surface area contributed by atoms with Crippen molar-refractivity contribution in [1.29, 1.82) is 0 Å². The number of nitrogens with zero attached hydrogens (tertiary/aromatic N) is 2. The molecule has 0 spiro atoms. The summed E-state index contributed by atoms with van der Waals surface area (Å²) in [4.78, 5) is 48.6. The Morgan fingerprint density at radius 3 is 2.67 bits per heavy atom. The number of imide groups is 1. The molecule has 11 nitrogen and oxygen atoms in total. The molecule has 0 aliphatic carbocycles. The molecule has 1 saturated heterocycles. The van der Waals surface area contributed by atoms with Crippen molar-refractivity contribution in [2.75, 3.05) is 7.11 Å². The first-order chi connectivity index (χ1) is 17.3. The molecular weight excluding hydrogens is 477 g/mol. The lowest BCUT2D eigenvalue weighted by molar-refractivity contribution is -0.386. The van der Waals surface area contributed by atoms with E-state index in [0.717, 1.165) is 4.90 Å². The summed E-state index contributed by atoms with van der Waals surface area (Å²) in [5.41, 5.74) is -0.274. The van der Waals surface area contributed by atoms with Crippen LogP contribution < -0.4 is 10.1 Å². The Morgan fingerprint density at radius 2 is 1.94 bits per heavy atom. The van der Waals surface area contributed by atoms with Crippen molar-refractivity contribution in [2.45, 2.75) is 13.2 Å². The molecule has 0 atom stereocenters. The molecule has 0 saturated carbocycles. The number of amides is 3. The fourth-order valence-corrected chi connectivity index (χ4v) is 3.42. The van der Waals surface area contributed by atoms with Crippen molar-refractivity contribution in [1.82, 2.24) is 10.2 Å². The number of rotatable bonds is 8. The van der Waals surface area contributed by atoms with Crippen molar-refractivity contribution in [3.8, 4) is 5.75 Å². The molecule has 0 bridgehead atoms. The predicted molar refractivity (Wildman–Crippen MR) is 121 cm³/mol. The van der Waals surface area contributed by atoms with Gasteiger partial charge in [0.05, 0.1) is 18.6 Å². The van der Waals surface area contributed by atoms with E-state index in [1.165, 1.54) is 61.7 Å². The molecule has 1 N–H and O–H groups in total. The van der Waals surface area contributed by atoms with Gasteiger partial charge in [-0.3, -0.25) is 19.8 Å². The van der Waals surface area contributed by atoms with Crippen LogP contribution in [0, 0.1) is 15.9 Å². The van der Waals surface area contributed by atoms with Crippen LogP contribution in [0.5, 0.6) is 5.75 Å². The first-order valence-corrected chi connectivity index (χ1v) is 10.4. The lowest BCUT2D eigenvalue weighted by atomic mass is 10.1. The molecule has 2 heterocycles. The fraction of sp³-hybridized carbons (Fsp3) is 0.125. The van der Waals surface area contributed by atoms with Crippen LogP contribution in [0.1, 0.15) is 27.4 Å². The minimum absolute atomic E-state index is 0.0939. The third-order valence-corrected chi connectivity index (χ3v) is 5.18. The highest BCUT2D eigenvalue weighted by molar-refractivity contribution is 6.14. The number of benzene rings is 2. The SMILES string of the molecule is COC(=O)c1ccc(CN2C(=O)NC(=Cc3cccc([N+](=O)[O-])c3OCc3ccccc3F)C2=O)o1. The van der Waals surface area contributed by atoms with E-state index in [1.54, 1.807) is 6.07 Å². The van der Waals surface area contributed by atoms with Gasteiger partial charge in [0.2, 0.25) is 11.5 Å². The zero-order chi connectivity index (χ0) is 25.8. The number of carbonyl (C=O) groups excluding carboxylic acids is 3. The number of esters is 1. The van der Waals surface area contributed by atoms with Gasteiger partial charge in [0, 0.05) is 17.2 Å². The Labute approximate surface area is 202 Å². The van der Waals surface area contributed by atoms with Gasteiger partial charge in [0.25, 0.3) is 5.91 Å². The largest absolute Gasteiger partial charge is 0.481 e. The Kier molecular flexibility index (Phi) is 6.77. The maximum atomic E-state index is 14.0. The Bertz CT molecular complexity index is 1400. The van der Waals surface area contributed by atoms with Crippen LogP contribution in [0.25, 0.3) is 6.08 Å². The molecule has 3 aromatic rings. The van der Waals surface area contributed by atoms with Crippen LogP contribution >= 0.6 is 0 Å². The quantitative estimate of drug-likeness (QED) is 0.164. The van der Waals surface area contributed by atoms with E-state index in [0.29, 0.717) is 0 Å². The molecule has 1 aliphatic heterocycles. The molecule has 36 heavy (non-hydrogen) atoms. The number of carbonyl (C=O) groups is 3. The van der Waals surface area contributed by atoms with Gasteiger partial charge in [-0.2, -0.15) is 0 Å². The summed E-state index contributed by atoms with van der Waals surface area (Å²) >= 11 is 0. The monoisotopic (exact) mass is 495 g/mol. The van der Waals surface area contributed by atoms with Crippen LogP contribution in [-0.4, -0.2) is 34.8 Å². The second-order valence-electron chi connectivity index (χ2n) is 7.47. The molecule has 1 aromatic heterocycles. The van der Waals surface area contributed by atoms with Crippen LogP contribution in [-0.2, 0) is 22.7 Å². The summed E-state index contributed by atoms with van der Waals surface area (Å²) in [6.07, 6.45) is 1.23. The van der Waals surface area contributed by atoms with Gasteiger partial charge >= 0.3 is 17.7 Å². The van der Waals surface area contributed by atoms with E-state index in [1.807, 2.05) is 0 Å². The average Bonchev–Trinajstić information content (AvgIpc) is 3.44. The number of hydrogen-bond acceptors (Lipinski definition) is 8. The first-order valence-electron chi connectivity index (χ1n) is 10.4. The Morgan fingerprint density at radius 1 is 1.17 bits per heavy atom. The normalized spacial score (nSPS) is 14.2. The summed E-state index contributed by atoms with van der Waals surface area (Å²) < 4.78 is 29.5. The zero-order valence-corrected chi connectivity index (χ0v) is 18.7. The Hall–Kier alpha value is -5.00. The minimum Gasteiger partial charge on any atom is -0.481 e. The Balaban J connectivity index is 1.60. The van der Waals surface area contributed by atoms with Gasteiger partial charge in [-0.15, -0.1) is 0 Å². The van der Waals surface area contributed by atoms with E-state index in [4.69, 9.17) is 9.15 Å². The topological polar surface area (TPSA) is 141 Å². The van der Waals surface area contributed by atoms with Gasteiger partial charge < -0.3 is 19.2 Å². The van der Waals surface area contributed by atoms with Crippen LogP contribution in [0.4, 0.5) is 14.9 Å². The molecule has 2 aromatic carbocycles. The second-order valence-corrected chi connectivity index (χ2v) is 7.47. The van der Waals surface area contributed by atoms with Crippen molar-refractivity contribution in [2.24, 2.45) is 0 Å². The van der Waals surface area contributed by atoms with Gasteiger partial charge in [-0.05, 0) is 24.3 Å². The van der Waals surface area contributed by atoms with E-state index in [9.17, 15) is 28.9 Å². The minimum atomic E-state index is -0.762. The lowest BCUT2D eigenvalue weighted by Gasteiger charge is -2.11. The smallest absolute Gasteiger partial charge is 0.373 e. The highest BCUT2D eigenvalue weighted by Gasteiger charge is 2.35. The van der Waals surface area contributed by atoms with Crippen LogP contribution in [0.3, 0.4) is 0 Å². The maximum Gasteiger partial charge on any atom is 0.373 e. The number of nitrogens with one attached hydrogen (secondary N) is 1. The summed E-state index contributed by atoms with van der Waals surface area (Å²) in [5, 5.41) is 14.0. The average molecular weight is 495 g/mol. The van der Waals surface area contributed by atoms with E-state index in [2.05, 4.69) is 10.1 Å². The fourth-order valence-electron chi connectivity index (χ4n) is 3.42. The highest BCUT2D eigenvalue weighted by Crippen LogP contribution is 2.34. The standard InChI is InChI=1S/C24H18FN3O8/c1-34-23(30)20-10-9-16(36-20)12-27-22(29)18(26-24(27)31)11-14-6-4-8-19(28(32)33)21(14)35-13-15-5-2-3-7-17(15)25/h2-11H,12-13H2,1H3,(H,26,31). The van der Waals surface area contributed by atoms with Crippen molar-refractivity contribution < 1.29 is 37.6 Å². The van der Waals surface area contributed by atoms with E-state index < -0.39 is 34.3 Å². The summed E-state index contributed by atoms with van der Waals surface area (Å²) in [5.74, 6) is -2.13. The lowest BCUT2D eigenvalue weighted by Crippen LogP contribution is -2.30. The summed E-state index contributed by atoms with van der Waals surface area (Å²) in [6, 6.07) is 11.8. The zero-order valence-electron chi connectivity index (χ0n) is 18.7. The summed E-state index contributed by atoms with van der Waals surface area (Å²) in [6.45, 7) is -0.578. The number of ether oxygens (including phenoxy) is 2. The van der Waals surface area contributed by atoms with Gasteiger partial charge in [-0.1, -0.05) is 30.3 Å². The van der Waals surface area contributed by atoms with Crippen molar-refractivity contribution >= 4 is 29.7 Å². The molecular formula is C24H18FN3O8. The molecule has 1 aliphatic rings. The van der Waals surface area contributed by atoms with Gasteiger partial charge in [0.1, 0.15) is 23.9 Å². The summed E-state index contributed by atoms with van der Waals surface area (Å²) in [7, 11) is 1.18. The van der Waals surface area contributed by atoms with Gasteiger partial charge in [-0.25, -0.2) is 14.0 Å². The number of halogens is 1. The number of methoxy groups -OCH3 is 1. The van der Waals surface area contributed by atoms with Crippen LogP contribution in [0.2, 0.25) is 0 Å². The number of para-hydroxylation sites is 1. The number of furan rings is 1. The molecule has 3 amide bonds. The molecule has 12 heteroatoms. The molecule has 184 valence electrons. The molecule has 4 rings (SSSR count). The second kappa shape index (κ2) is 10.1.